The predicted octanol–water partition coefficient (Wildman–Crippen LogP) is 2.18. The number of hydrogen-bond acceptors (Lipinski definition) is 7. The first-order valence-corrected chi connectivity index (χ1v) is 8.25. The van der Waals surface area contributed by atoms with Crippen LogP contribution in [-0.2, 0) is 9.47 Å². The molecule has 1 aromatic carbocycles. The Bertz CT molecular complexity index is 747. The van der Waals surface area contributed by atoms with E-state index in [1.54, 1.807) is 26.4 Å². The molecule has 0 aliphatic carbocycles. The molecule has 0 radical (unpaired) electrons. The van der Waals surface area contributed by atoms with Gasteiger partial charge >= 0.3 is 5.97 Å². The highest BCUT2D eigenvalue weighted by Gasteiger charge is 2.19. The SMILES string of the molecule is COCCN(CCOC)c1nc(N)c(Cl)nc1-c1ccc(C(=O)O)cc1. The minimum Gasteiger partial charge on any atom is -0.478 e. The number of hydrogen-bond donors (Lipinski definition) is 2. The molecule has 2 rings (SSSR count). The number of nitrogens with two attached hydrogens (primary N) is 1. The lowest BCUT2D eigenvalue weighted by atomic mass is 10.1. The van der Waals surface area contributed by atoms with E-state index in [1.165, 1.54) is 12.1 Å². The monoisotopic (exact) mass is 380 g/mol. The second-order valence-corrected chi connectivity index (χ2v) is 5.79. The van der Waals surface area contributed by atoms with Crippen LogP contribution >= 0.6 is 11.6 Å². The van der Waals surface area contributed by atoms with Crippen LogP contribution in [-0.4, -0.2) is 61.6 Å². The number of anilines is 2. The van der Waals surface area contributed by atoms with E-state index in [2.05, 4.69) is 9.97 Å². The average molecular weight is 381 g/mol. The van der Waals surface area contributed by atoms with Crippen LogP contribution in [0.15, 0.2) is 24.3 Å². The molecule has 0 bridgehead atoms. The first-order chi connectivity index (χ1) is 12.5. The van der Waals surface area contributed by atoms with Gasteiger partial charge in [0.2, 0.25) is 0 Å². The van der Waals surface area contributed by atoms with Crippen molar-refractivity contribution in [2.24, 2.45) is 0 Å². The van der Waals surface area contributed by atoms with Crippen LogP contribution in [0.1, 0.15) is 10.4 Å². The molecule has 140 valence electrons. The summed E-state index contributed by atoms with van der Waals surface area (Å²) in [6, 6.07) is 6.33. The minimum atomic E-state index is -1.000. The van der Waals surface area contributed by atoms with Crippen LogP contribution in [0.5, 0.6) is 0 Å². The fourth-order valence-electron chi connectivity index (χ4n) is 2.33. The molecule has 0 aliphatic rings. The minimum absolute atomic E-state index is 0.0875. The van der Waals surface area contributed by atoms with E-state index in [4.69, 9.17) is 31.9 Å². The Labute approximate surface area is 156 Å². The summed E-state index contributed by atoms with van der Waals surface area (Å²) in [5.74, 6) is -0.350. The smallest absolute Gasteiger partial charge is 0.335 e. The molecule has 0 saturated heterocycles. The van der Waals surface area contributed by atoms with Crippen molar-refractivity contribution in [3.05, 3.63) is 35.0 Å². The summed E-state index contributed by atoms with van der Waals surface area (Å²) in [6.07, 6.45) is 0. The van der Waals surface area contributed by atoms with Crippen LogP contribution in [0.25, 0.3) is 11.3 Å². The number of aromatic nitrogens is 2. The highest BCUT2D eigenvalue weighted by Crippen LogP contribution is 2.31. The van der Waals surface area contributed by atoms with E-state index in [0.717, 1.165) is 0 Å². The van der Waals surface area contributed by atoms with Gasteiger partial charge in [-0.1, -0.05) is 23.7 Å². The normalized spacial score (nSPS) is 10.7. The number of carboxylic acids is 1. The molecule has 0 saturated carbocycles. The maximum Gasteiger partial charge on any atom is 0.335 e. The molecule has 1 heterocycles. The second-order valence-electron chi connectivity index (χ2n) is 5.43. The third-order valence-corrected chi connectivity index (χ3v) is 3.97. The van der Waals surface area contributed by atoms with Gasteiger partial charge in [-0.15, -0.1) is 0 Å². The van der Waals surface area contributed by atoms with Gasteiger partial charge in [-0.25, -0.2) is 14.8 Å². The summed E-state index contributed by atoms with van der Waals surface area (Å²) in [4.78, 5) is 21.8. The predicted molar refractivity (Wildman–Crippen MR) is 99.8 cm³/mol. The topological polar surface area (TPSA) is 111 Å². The largest absolute Gasteiger partial charge is 0.478 e. The van der Waals surface area contributed by atoms with Gasteiger partial charge in [-0.3, -0.25) is 0 Å². The molecule has 2 aromatic rings. The third-order valence-electron chi connectivity index (χ3n) is 3.69. The van der Waals surface area contributed by atoms with E-state index in [-0.39, 0.29) is 16.5 Å². The van der Waals surface area contributed by atoms with Gasteiger partial charge in [0, 0.05) is 32.9 Å². The Balaban J connectivity index is 2.49. The number of nitrogen functional groups attached to an aromatic ring is 1. The molecule has 3 N–H and O–H groups in total. The average Bonchev–Trinajstić information content (AvgIpc) is 2.64. The Morgan fingerprint density at radius 1 is 1.15 bits per heavy atom. The Kier molecular flexibility index (Phi) is 7.14. The van der Waals surface area contributed by atoms with Gasteiger partial charge in [0.15, 0.2) is 16.8 Å². The van der Waals surface area contributed by atoms with Gasteiger partial charge < -0.3 is 25.2 Å². The number of halogens is 1. The number of carbonyl (C=O) groups is 1. The zero-order valence-corrected chi connectivity index (χ0v) is 15.4. The maximum absolute atomic E-state index is 11.1. The Morgan fingerprint density at radius 2 is 1.73 bits per heavy atom. The van der Waals surface area contributed by atoms with Crippen molar-refractivity contribution in [2.45, 2.75) is 0 Å². The number of nitrogens with zero attached hydrogens (tertiary/aromatic N) is 3. The summed E-state index contributed by atoms with van der Waals surface area (Å²) in [5, 5.41) is 9.15. The first kappa shape index (κ1) is 19.9. The summed E-state index contributed by atoms with van der Waals surface area (Å²) in [6.45, 7) is 2.06. The van der Waals surface area contributed by atoms with E-state index in [1.807, 2.05) is 4.90 Å². The fraction of sp³-hybridized carbons (Fsp3) is 0.353. The standard InChI is InChI=1S/C17H21ClN4O4/c1-25-9-7-22(8-10-26-2)16-13(20-14(18)15(19)21-16)11-3-5-12(6-4-11)17(23)24/h3-6H,7-10H2,1-2H3,(H2,19,21)(H,23,24). The number of methoxy groups -OCH3 is 2. The molecule has 0 aliphatic heterocycles. The molecular formula is C17H21ClN4O4. The van der Waals surface area contributed by atoms with Crippen LogP contribution in [0.3, 0.4) is 0 Å². The van der Waals surface area contributed by atoms with Crippen molar-refractivity contribution in [1.29, 1.82) is 0 Å². The Morgan fingerprint density at radius 3 is 2.23 bits per heavy atom. The van der Waals surface area contributed by atoms with Crippen LogP contribution in [0, 0.1) is 0 Å². The van der Waals surface area contributed by atoms with Crippen molar-refractivity contribution in [3.8, 4) is 11.3 Å². The molecule has 0 atom stereocenters. The van der Waals surface area contributed by atoms with Gasteiger partial charge in [-0.2, -0.15) is 0 Å². The molecule has 1 aromatic heterocycles. The summed E-state index contributed by atoms with van der Waals surface area (Å²) in [7, 11) is 3.23. The maximum atomic E-state index is 11.1. The Hall–Kier alpha value is -2.42. The number of aromatic carboxylic acids is 1. The number of ether oxygens (including phenoxy) is 2. The lowest BCUT2D eigenvalue weighted by Crippen LogP contribution is -2.32. The van der Waals surface area contributed by atoms with E-state index < -0.39 is 5.97 Å². The molecule has 9 heteroatoms. The van der Waals surface area contributed by atoms with E-state index in [0.29, 0.717) is 43.4 Å². The van der Waals surface area contributed by atoms with E-state index in [9.17, 15) is 4.79 Å². The number of carboxylic acid groups (broad SMARTS) is 1. The zero-order valence-electron chi connectivity index (χ0n) is 14.6. The van der Waals surface area contributed by atoms with Crippen molar-refractivity contribution in [1.82, 2.24) is 9.97 Å². The summed E-state index contributed by atoms with van der Waals surface area (Å²) >= 11 is 6.07. The number of benzene rings is 1. The van der Waals surface area contributed by atoms with Crippen LogP contribution in [0.4, 0.5) is 11.6 Å². The molecular weight excluding hydrogens is 360 g/mol. The molecule has 0 amide bonds. The van der Waals surface area contributed by atoms with Gasteiger partial charge in [0.1, 0.15) is 5.69 Å². The lowest BCUT2D eigenvalue weighted by Gasteiger charge is -2.25. The lowest BCUT2D eigenvalue weighted by molar-refractivity contribution is 0.0697. The molecule has 0 unspecified atom stereocenters. The van der Waals surface area contributed by atoms with Crippen molar-refractivity contribution >= 4 is 29.2 Å². The third kappa shape index (κ3) is 4.81. The van der Waals surface area contributed by atoms with Crippen molar-refractivity contribution in [2.75, 3.05) is 51.2 Å². The summed E-state index contributed by atoms with van der Waals surface area (Å²) in [5.41, 5.74) is 7.22. The molecule has 0 spiro atoms. The fourth-order valence-corrected chi connectivity index (χ4v) is 2.46. The van der Waals surface area contributed by atoms with E-state index >= 15 is 0 Å². The van der Waals surface area contributed by atoms with Gasteiger partial charge in [0.05, 0.1) is 18.8 Å². The number of rotatable bonds is 9. The zero-order chi connectivity index (χ0) is 19.1. The quantitative estimate of drug-likeness (QED) is 0.680. The highest BCUT2D eigenvalue weighted by molar-refractivity contribution is 6.31. The van der Waals surface area contributed by atoms with Crippen LogP contribution in [0.2, 0.25) is 5.15 Å². The van der Waals surface area contributed by atoms with Crippen molar-refractivity contribution < 1.29 is 19.4 Å². The molecule has 0 fully saturated rings. The van der Waals surface area contributed by atoms with Gasteiger partial charge in [-0.05, 0) is 12.1 Å². The van der Waals surface area contributed by atoms with Crippen molar-refractivity contribution in [3.63, 3.8) is 0 Å². The second kappa shape index (κ2) is 9.33. The molecule has 26 heavy (non-hydrogen) atoms. The van der Waals surface area contributed by atoms with Gasteiger partial charge in [0.25, 0.3) is 0 Å². The highest BCUT2D eigenvalue weighted by atomic mass is 35.5. The molecule has 8 nitrogen and oxygen atoms in total. The van der Waals surface area contributed by atoms with Crippen LogP contribution < -0.4 is 10.6 Å². The first-order valence-electron chi connectivity index (χ1n) is 7.87. The summed E-state index contributed by atoms with van der Waals surface area (Å²) < 4.78 is 10.3.